The summed E-state index contributed by atoms with van der Waals surface area (Å²) in [6.45, 7) is 10.8. The number of allylic oxidation sites excluding steroid dienone is 3. The number of hydrogen-bond donors (Lipinski definition) is 1. The molecule has 0 aromatic heterocycles. The Morgan fingerprint density at radius 1 is 1.29 bits per heavy atom. The minimum atomic E-state index is 0.508. The molecule has 0 saturated carbocycles. The van der Waals surface area contributed by atoms with Crippen molar-refractivity contribution in [3.05, 3.63) is 22.6 Å². The van der Waals surface area contributed by atoms with Gasteiger partial charge in [0.1, 0.15) is 0 Å². The van der Waals surface area contributed by atoms with E-state index in [2.05, 4.69) is 43.1 Å². The Bertz CT molecular complexity index is 285. The molecule has 0 aromatic carbocycles. The fourth-order valence-electron chi connectivity index (χ4n) is 2.71. The molecule has 0 radical (unpaired) electrons. The summed E-state index contributed by atoms with van der Waals surface area (Å²) in [5, 5.41) is 3.48. The van der Waals surface area contributed by atoms with E-state index in [4.69, 9.17) is 0 Å². The van der Waals surface area contributed by atoms with Gasteiger partial charge in [0.15, 0.2) is 0 Å². The lowest BCUT2D eigenvalue weighted by molar-refractivity contribution is 0.298. The second-order valence-electron chi connectivity index (χ2n) is 4.50. The van der Waals surface area contributed by atoms with Crippen molar-refractivity contribution in [1.82, 2.24) is 5.32 Å². The molecule has 0 aliphatic carbocycles. The molecule has 0 amide bonds. The second-order valence-corrected chi connectivity index (χ2v) is 5.52. The van der Waals surface area contributed by atoms with Crippen molar-refractivity contribution in [2.45, 2.75) is 47.0 Å². The Kier molecular flexibility index (Phi) is 6.35. The molecule has 17 heavy (non-hydrogen) atoms. The van der Waals surface area contributed by atoms with E-state index >= 15 is 0 Å². The zero-order valence-electron chi connectivity index (χ0n) is 11.8. The molecule has 1 nitrogen and oxygen atoms in total. The van der Waals surface area contributed by atoms with E-state index in [0.717, 1.165) is 0 Å². The molecule has 0 bridgehead atoms. The summed E-state index contributed by atoms with van der Waals surface area (Å²) in [4.78, 5) is 1.54. The van der Waals surface area contributed by atoms with Gasteiger partial charge in [0, 0.05) is 16.1 Å². The first-order valence-corrected chi connectivity index (χ1v) is 8.02. The Morgan fingerprint density at radius 3 is 2.47 bits per heavy atom. The van der Waals surface area contributed by atoms with Crippen LogP contribution < -0.4 is 5.32 Å². The van der Waals surface area contributed by atoms with Gasteiger partial charge in [0.05, 0.1) is 0 Å². The molecule has 2 aliphatic rings. The minimum absolute atomic E-state index is 0.508. The average Bonchev–Trinajstić information content (AvgIpc) is 2.72. The normalized spacial score (nSPS) is 27.3. The molecule has 2 saturated heterocycles. The average molecular weight is 253 g/mol. The summed E-state index contributed by atoms with van der Waals surface area (Å²) < 4.78 is 0. The van der Waals surface area contributed by atoms with E-state index in [1.807, 2.05) is 13.8 Å². The fourth-order valence-corrected chi connectivity index (χ4v) is 4.21. The maximum atomic E-state index is 3.48. The maximum absolute atomic E-state index is 3.48. The van der Waals surface area contributed by atoms with Gasteiger partial charge in [-0.05, 0) is 44.8 Å². The van der Waals surface area contributed by atoms with Crippen molar-refractivity contribution in [1.29, 1.82) is 0 Å². The van der Waals surface area contributed by atoms with Crippen LogP contribution in [-0.2, 0) is 0 Å². The van der Waals surface area contributed by atoms with Crippen LogP contribution in [0.4, 0.5) is 0 Å². The van der Waals surface area contributed by atoms with Crippen molar-refractivity contribution in [3.8, 4) is 0 Å². The lowest BCUT2D eigenvalue weighted by atomic mass is 9.74. The molecule has 0 aromatic rings. The highest BCUT2D eigenvalue weighted by Gasteiger charge is 2.41. The van der Waals surface area contributed by atoms with Crippen LogP contribution in [0.15, 0.2) is 22.6 Å². The topological polar surface area (TPSA) is 12.0 Å². The third kappa shape index (κ3) is 3.17. The molecular formula is C15H27NS. The first-order chi connectivity index (χ1) is 8.32. The first-order valence-electron chi connectivity index (χ1n) is 7.03. The van der Waals surface area contributed by atoms with Gasteiger partial charge in [0.2, 0.25) is 0 Å². The van der Waals surface area contributed by atoms with Gasteiger partial charge >= 0.3 is 0 Å². The fraction of sp³-hybridized carbons (Fsp3) is 0.733. The monoisotopic (exact) mass is 253 g/mol. The van der Waals surface area contributed by atoms with Crippen molar-refractivity contribution >= 4 is 11.8 Å². The lowest BCUT2D eigenvalue weighted by Crippen LogP contribution is -2.37. The van der Waals surface area contributed by atoms with Crippen molar-refractivity contribution in [2.75, 3.05) is 18.8 Å². The summed E-state index contributed by atoms with van der Waals surface area (Å²) in [5.74, 6) is 1.31. The molecule has 2 heterocycles. The SMILES string of the molecule is C/C=C1/SCC2(CCNCC2)/C1=C/CC.CC. The zero-order valence-corrected chi connectivity index (χ0v) is 12.6. The van der Waals surface area contributed by atoms with Crippen LogP contribution in [0.5, 0.6) is 0 Å². The van der Waals surface area contributed by atoms with Crippen LogP contribution in [-0.4, -0.2) is 18.8 Å². The van der Waals surface area contributed by atoms with E-state index in [1.165, 1.54) is 38.1 Å². The molecule has 2 fully saturated rings. The first kappa shape index (κ1) is 14.8. The highest BCUT2D eigenvalue weighted by atomic mass is 32.2. The summed E-state index contributed by atoms with van der Waals surface area (Å²) in [6.07, 6.45) is 8.57. The molecule has 2 rings (SSSR count). The van der Waals surface area contributed by atoms with Gasteiger partial charge in [0.25, 0.3) is 0 Å². The Balaban J connectivity index is 0.000000686. The maximum Gasteiger partial charge on any atom is 0.00789 e. The molecule has 0 unspecified atom stereocenters. The molecule has 0 atom stereocenters. The molecule has 2 aliphatic heterocycles. The molecule has 1 spiro atoms. The third-order valence-electron chi connectivity index (χ3n) is 3.57. The van der Waals surface area contributed by atoms with Gasteiger partial charge < -0.3 is 5.32 Å². The minimum Gasteiger partial charge on any atom is -0.317 e. The summed E-state index contributed by atoms with van der Waals surface area (Å²) >= 11 is 2.06. The van der Waals surface area contributed by atoms with E-state index in [-0.39, 0.29) is 0 Å². The highest BCUT2D eigenvalue weighted by molar-refractivity contribution is 8.03. The molecule has 1 N–H and O–H groups in total. The van der Waals surface area contributed by atoms with Crippen LogP contribution in [0.3, 0.4) is 0 Å². The van der Waals surface area contributed by atoms with Crippen molar-refractivity contribution in [3.63, 3.8) is 0 Å². The van der Waals surface area contributed by atoms with E-state index in [9.17, 15) is 0 Å². The third-order valence-corrected chi connectivity index (χ3v) is 5.04. The van der Waals surface area contributed by atoms with Gasteiger partial charge in [-0.15, -0.1) is 11.8 Å². The Hall–Kier alpha value is -0.210. The quantitative estimate of drug-likeness (QED) is 0.745. The van der Waals surface area contributed by atoms with Crippen LogP contribution in [0.2, 0.25) is 0 Å². The van der Waals surface area contributed by atoms with E-state index in [0.29, 0.717) is 5.41 Å². The van der Waals surface area contributed by atoms with Crippen LogP contribution >= 0.6 is 11.8 Å². The van der Waals surface area contributed by atoms with Gasteiger partial charge in [-0.25, -0.2) is 0 Å². The predicted octanol–water partition coefficient (Wildman–Crippen LogP) is 4.37. The Labute approximate surface area is 111 Å². The van der Waals surface area contributed by atoms with Crippen molar-refractivity contribution < 1.29 is 0 Å². The van der Waals surface area contributed by atoms with Gasteiger partial charge in [-0.3, -0.25) is 0 Å². The standard InChI is InChI=1S/C13H21NS.C2H6/c1-3-5-11-12(4-2)15-10-13(11)6-8-14-9-7-13;1-2/h4-5,14H,3,6-10H2,1-2H3;1-2H3/b11-5+,12-4+;. The summed E-state index contributed by atoms with van der Waals surface area (Å²) in [6, 6.07) is 0. The molecule has 98 valence electrons. The number of hydrogen-bond acceptors (Lipinski definition) is 2. The summed E-state index contributed by atoms with van der Waals surface area (Å²) in [7, 11) is 0. The van der Waals surface area contributed by atoms with Crippen molar-refractivity contribution in [2.24, 2.45) is 5.41 Å². The molecule has 2 heteroatoms. The van der Waals surface area contributed by atoms with Gasteiger partial charge in [-0.2, -0.15) is 0 Å². The predicted molar refractivity (Wildman–Crippen MR) is 80.5 cm³/mol. The number of piperidine rings is 1. The highest BCUT2D eigenvalue weighted by Crippen LogP contribution is 2.53. The summed E-state index contributed by atoms with van der Waals surface area (Å²) in [5.41, 5.74) is 2.16. The van der Waals surface area contributed by atoms with E-state index in [1.54, 1.807) is 10.5 Å². The molecular weight excluding hydrogens is 226 g/mol. The number of nitrogens with one attached hydrogen (secondary N) is 1. The van der Waals surface area contributed by atoms with Crippen LogP contribution in [0.25, 0.3) is 0 Å². The van der Waals surface area contributed by atoms with E-state index < -0.39 is 0 Å². The largest absolute Gasteiger partial charge is 0.317 e. The van der Waals surface area contributed by atoms with Crippen LogP contribution in [0, 0.1) is 5.41 Å². The Morgan fingerprint density at radius 2 is 1.94 bits per heavy atom. The van der Waals surface area contributed by atoms with Crippen LogP contribution in [0.1, 0.15) is 47.0 Å². The smallest absolute Gasteiger partial charge is 0.00789 e. The second kappa shape index (κ2) is 7.27. The number of rotatable bonds is 1. The zero-order chi connectivity index (χ0) is 12.7. The lowest BCUT2D eigenvalue weighted by Gasteiger charge is -2.34. The van der Waals surface area contributed by atoms with Gasteiger partial charge in [-0.1, -0.05) is 32.9 Å². The number of thioether (sulfide) groups is 1.